The number of sulfonamides is 1. The maximum absolute atomic E-state index is 13.1. The average molecular weight is 423 g/mol. The fraction of sp³-hybridized carbons (Fsp3) is 0.429. The summed E-state index contributed by atoms with van der Waals surface area (Å²) in [5.41, 5.74) is 2.34. The van der Waals surface area contributed by atoms with E-state index in [1.807, 2.05) is 0 Å². The molecule has 152 valence electrons. The molecule has 0 atom stereocenters. The molecule has 2 aromatic carbocycles. The summed E-state index contributed by atoms with van der Waals surface area (Å²) in [6.45, 7) is 6.87. The number of unbranched alkanes of at least 4 members (excludes halogenated alkanes) is 1. The molecule has 3 rings (SSSR count). The Morgan fingerprint density at radius 3 is 2.36 bits per heavy atom. The van der Waals surface area contributed by atoms with Crippen molar-refractivity contribution in [2.75, 3.05) is 37.7 Å². The highest BCUT2D eigenvalue weighted by atomic mass is 35.5. The third-order valence-corrected chi connectivity index (χ3v) is 7.14. The Morgan fingerprint density at radius 1 is 1.04 bits per heavy atom. The highest BCUT2D eigenvalue weighted by Gasteiger charge is 2.29. The zero-order valence-electron chi connectivity index (χ0n) is 16.4. The standard InChI is InChI=1S/C21H27ClN2O3S/c1-3-4-15-27-21-16-19(9-10-20(21)22)28(25,26)24-13-11-23(12-14-24)18-7-5-17(2)6-8-18/h5-10,16H,3-4,11-15H2,1-2H3. The minimum Gasteiger partial charge on any atom is -0.492 e. The maximum Gasteiger partial charge on any atom is 0.243 e. The Labute approximate surface area is 172 Å². The summed E-state index contributed by atoms with van der Waals surface area (Å²) in [5, 5.41) is 0.430. The number of benzene rings is 2. The number of anilines is 1. The van der Waals surface area contributed by atoms with Gasteiger partial charge in [-0.15, -0.1) is 0 Å². The van der Waals surface area contributed by atoms with Gasteiger partial charge in [0.2, 0.25) is 10.0 Å². The largest absolute Gasteiger partial charge is 0.492 e. The van der Waals surface area contributed by atoms with Gasteiger partial charge in [-0.1, -0.05) is 42.6 Å². The van der Waals surface area contributed by atoms with Gasteiger partial charge in [0.25, 0.3) is 0 Å². The van der Waals surface area contributed by atoms with Crippen LogP contribution in [-0.4, -0.2) is 45.5 Å². The summed E-state index contributed by atoms with van der Waals surface area (Å²) >= 11 is 6.17. The molecule has 1 aliphatic heterocycles. The van der Waals surface area contributed by atoms with Crippen molar-refractivity contribution < 1.29 is 13.2 Å². The van der Waals surface area contributed by atoms with Gasteiger partial charge < -0.3 is 9.64 Å². The van der Waals surface area contributed by atoms with E-state index in [4.69, 9.17) is 16.3 Å². The smallest absolute Gasteiger partial charge is 0.243 e. The van der Waals surface area contributed by atoms with E-state index in [1.165, 1.54) is 9.87 Å². The van der Waals surface area contributed by atoms with E-state index in [9.17, 15) is 8.42 Å². The monoisotopic (exact) mass is 422 g/mol. The Bertz CT molecular complexity index is 892. The molecule has 0 unspecified atom stereocenters. The summed E-state index contributed by atoms with van der Waals surface area (Å²) in [6.07, 6.45) is 1.90. The van der Waals surface area contributed by atoms with Crippen molar-refractivity contribution in [2.45, 2.75) is 31.6 Å². The number of piperazine rings is 1. The molecule has 0 saturated carbocycles. The molecule has 2 aromatic rings. The molecule has 1 saturated heterocycles. The summed E-state index contributed by atoms with van der Waals surface area (Å²) in [7, 11) is -3.58. The van der Waals surface area contributed by atoms with Crippen LogP contribution in [0.15, 0.2) is 47.4 Å². The van der Waals surface area contributed by atoms with Gasteiger partial charge in [-0.3, -0.25) is 0 Å². The number of ether oxygens (including phenoxy) is 1. The first kappa shape index (κ1) is 21.0. The summed E-state index contributed by atoms with van der Waals surface area (Å²) < 4.78 is 33.4. The molecule has 0 aromatic heterocycles. The third-order valence-electron chi connectivity index (χ3n) is 4.93. The first-order valence-electron chi connectivity index (χ1n) is 9.66. The zero-order valence-corrected chi connectivity index (χ0v) is 18.0. The molecule has 5 nitrogen and oxygen atoms in total. The number of hydrogen-bond acceptors (Lipinski definition) is 4. The molecule has 0 radical (unpaired) electrons. The second-order valence-electron chi connectivity index (χ2n) is 7.02. The molecule has 0 spiro atoms. The normalized spacial score (nSPS) is 15.6. The maximum atomic E-state index is 13.1. The Hall–Kier alpha value is -1.76. The number of nitrogens with zero attached hydrogens (tertiary/aromatic N) is 2. The highest BCUT2D eigenvalue weighted by Crippen LogP contribution is 2.30. The van der Waals surface area contributed by atoms with Crippen molar-refractivity contribution in [2.24, 2.45) is 0 Å². The van der Waals surface area contributed by atoms with Gasteiger partial charge in [0.1, 0.15) is 5.75 Å². The Morgan fingerprint density at radius 2 is 1.71 bits per heavy atom. The van der Waals surface area contributed by atoms with Crippen molar-refractivity contribution in [3.8, 4) is 5.75 Å². The lowest BCUT2D eigenvalue weighted by Gasteiger charge is -2.35. The fourth-order valence-electron chi connectivity index (χ4n) is 3.17. The molecule has 0 bridgehead atoms. The molecular formula is C21H27ClN2O3S. The molecule has 0 N–H and O–H groups in total. The molecule has 28 heavy (non-hydrogen) atoms. The number of aryl methyl sites for hydroxylation is 1. The molecule has 0 amide bonds. The van der Waals surface area contributed by atoms with Crippen molar-refractivity contribution in [1.29, 1.82) is 0 Å². The second kappa shape index (κ2) is 9.16. The lowest BCUT2D eigenvalue weighted by molar-refractivity contribution is 0.308. The van der Waals surface area contributed by atoms with Crippen LogP contribution in [-0.2, 0) is 10.0 Å². The van der Waals surface area contributed by atoms with Crippen molar-refractivity contribution >= 4 is 27.3 Å². The van der Waals surface area contributed by atoms with Crippen LogP contribution in [0.2, 0.25) is 5.02 Å². The predicted octanol–water partition coefficient (Wildman–Crippen LogP) is 4.34. The van der Waals surface area contributed by atoms with E-state index in [0.29, 0.717) is 43.6 Å². The average Bonchev–Trinajstić information content (AvgIpc) is 2.70. The zero-order chi connectivity index (χ0) is 20.1. The van der Waals surface area contributed by atoms with Crippen molar-refractivity contribution in [3.63, 3.8) is 0 Å². The van der Waals surface area contributed by atoms with Crippen molar-refractivity contribution in [1.82, 2.24) is 4.31 Å². The van der Waals surface area contributed by atoms with E-state index in [-0.39, 0.29) is 4.90 Å². The van der Waals surface area contributed by atoms with Gasteiger partial charge in [0.15, 0.2) is 0 Å². The van der Waals surface area contributed by atoms with Crippen LogP contribution in [0.1, 0.15) is 25.3 Å². The Balaban J connectivity index is 1.70. The number of halogens is 1. The number of rotatable bonds is 7. The predicted molar refractivity (Wildman–Crippen MR) is 114 cm³/mol. The highest BCUT2D eigenvalue weighted by molar-refractivity contribution is 7.89. The molecule has 7 heteroatoms. The van der Waals surface area contributed by atoms with Crippen molar-refractivity contribution in [3.05, 3.63) is 53.1 Å². The summed E-state index contributed by atoms with van der Waals surface area (Å²) in [4.78, 5) is 2.44. The van der Waals surface area contributed by atoms with Gasteiger partial charge in [-0.05, 0) is 37.6 Å². The first-order chi connectivity index (χ1) is 13.4. The van der Waals surface area contributed by atoms with E-state index >= 15 is 0 Å². The SMILES string of the molecule is CCCCOc1cc(S(=O)(=O)N2CCN(c3ccc(C)cc3)CC2)ccc1Cl. The van der Waals surface area contributed by atoms with Crippen LogP contribution < -0.4 is 9.64 Å². The van der Waals surface area contributed by atoms with E-state index in [2.05, 4.69) is 43.0 Å². The minimum atomic E-state index is -3.58. The minimum absolute atomic E-state index is 0.229. The lowest BCUT2D eigenvalue weighted by atomic mass is 10.2. The second-order valence-corrected chi connectivity index (χ2v) is 9.37. The van der Waals surface area contributed by atoms with E-state index in [1.54, 1.807) is 18.2 Å². The molecule has 1 heterocycles. The van der Waals surface area contributed by atoms with Crippen LogP contribution in [0.3, 0.4) is 0 Å². The van der Waals surface area contributed by atoms with Gasteiger partial charge in [-0.25, -0.2) is 8.42 Å². The third kappa shape index (κ3) is 4.80. The van der Waals surface area contributed by atoms with Gasteiger partial charge in [0, 0.05) is 37.9 Å². The molecule has 1 fully saturated rings. The molecule has 1 aliphatic rings. The summed E-state index contributed by atoms with van der Waals surface area (Å²) in [6, 6.07) is 13.0. The Kier molecular flexibility index (Phi) is 6.86. The first-order valence-corrected chi connectivity index (χ1v) is 11.5. The van der Waals surface area contributed by atoms with Crippen LogP contribution in [0.25, 0.3) is 0 Å². The quantitative estimate of drug-likeness (QED) is 0.623. The fourth-order valence-corrected chi connectivity index (χ4v) is 4.78. The lowest BCUT2D eigenvalue weighted by Crippen LogP contribution is -2.48. The molecular weight excluding hydrogens is 396 g/mol. The van der Waals surface area contributed by atoms with Crippen LogP contribution in [0.5, 0.6) is 5.75 Å². The van der Waals surface area contributed by atoms with Gasteiger partial charge in [-0.2, -0.15) is 4.31 Å². The van der Waals surface area contributed by atoms with Crippen LogP contribution in [0, 0.1) is 6.92 Å². The number of hydrogen-bond donors (Lipinski definition) is 0. The van der Waals surface area contributed by atoms with Crippen LogP contribution in [0.4, 0.5) is 5.69 Å². The van der Waals surface area contributed by atoms with Gasteiger partial charge >= 0.3 is 0 Å². The van der Waals surface area contributed by atoms with E-state index < -0.39 is 10.0 Å². The van der Waals surface area contributed by atoms with Gasteiger partial charge in [0.05, 0.1) is 16.5 Å². The summed E-state index contributed by atoms with van der Waals surface area (Å²) in [5.74, 6) is 0.425. The van der Waals surface area contributed by atoms with Crippen LogP contribution >= 0.6 is 11.6 Å². The molecule has 0 aliphatic carbocycles. The van der Waals surface area contributed by atoms with E-state index in [0.717, 1.165) is 18.5 Å². The topological polar surface area (TPSA) is 49.9 Å².